The minimum absolute atomic E-state index is 0.202. The molecule has 0 atom stereocenters. The number of likely N-dealkylation sites (N-methyl/N-ethyl adjacent to an activating group) is 1. The molecule has 0 bridgehead atoms. The van der Waals surface area contributed by atoms with Crippen molar-refractivity contribution in [3.63, 3.8) is 0 Å². The number of rotatable bonds is 7. The first-order valence-corrected chi connectivity index (χ1v) is 13.6. The highest BCUT2D eigenvalue weighted by atomic mass is 32.1. The monoisotopic (exact) mass is 520 g/mol. The molecule has 5 rings (SSSR count). The van der Waals surface area contributed by atoms with Crippen LogP contribution in [0.3, 0.4) is 0 Å². The van der Waals surface area contributed by atoms with E-state index in [0.29, 0.717) is 12.5 Å². The van der Waals surface area contributed by atoms with Crippen molar-refractivity contribution in [2.24, 2.45) is 0 Å². The topological polar surface area (TPSA) is 57.0 Å². The second-order valence-corrected chi connectivity index (χ2v) is 10.7. The fourth-order valence-electron chi connectivity index (χ4n) is 5.03. The fourth-order valence-corrected chi connectivity index (χ4v) is 5.83. The third-order valence-electron chi connectivity index (χ3n) is 7.03. The van der Waals surface area contributed by atoms with Crippen LogP contribution in [0.1, 0.15) is 36.9 Å². The van der Waals surface area contributed by atoms with Gasteiger partial charge in [0.2, 0.25) is 5.91 Å². The minimum atomic E-state index is -0.253. The molecule has 0 saturated carbocycles. The summed E-state index contributed by atoms with van der Waals surface area (Å²) in [5, 5.41) is 2.86. The maximum absolute atomic E-state index is 13.4. The van der Waals surface area contributed by atoms with Crippen molar-refractivity contribution in [2.45, 2.75) is 32.1 Å². The Hall–Kier alpha value is -3.30. The number of fused-ring (bicyclic) bond motifs is 1. The summed E-state index contributed by atoms with van der Waals surface area (Å²) >= 11 is 1.56. The van der Waals surface area contributed by atoms with Crippen molar-refractivity contribution in [1.29, 1.82) is 0 Å². The number of hydrogen-bond donors (Lipinski definition) is 0. The highest BCUT2D eigenvalue weighted by Gasteiger charge is 2.25. The number of amides is 1. The predicted octanol–water partition coefficient (Wildman–Crippen LogP) is 5.19. The lowest BCUT2D eigenvalue weighted by atomic mass is 9.90. The Morgan fingerprint density at radius 3 is 2.49 bits per heavy atom. The standard InChI is InChI=1S/C28H33FN6OS/c1-5-23-27(33(4)28-31-24(18-37-28)20-6-9-22(29)10-7-20)35-16-21(8-11-25(35)30-23)19-12-14-34(15-13-19)26(36)17-32(2)3/h6-11,16,18-19H,5,12-15,17H2,1-4H3. The van der Waals surface area contributed by atoms with Gasteiger partial charge >= 0.3 is 0 Å². The van der Waals surface area contributed by atoms with E-state index in [-0.39, 0.29) is 11.7 Å². The van der Waals surface area contributed by atoms with Crippen LogP contribution in [0.25, 0.3) is 16.9 Å². The molecular formula is C28H33FN6OS. The highest BCUT2D eigenvalue weighted by Crippen LogP contribution is 2.35. The average molecular weight is 521 g/mol. The SMILES string of the molecule is CCc1nc2ccc(C3CCN(C(=O)CN(C)C)CC3)cn2c1N(C)c1nc(-c2ccc(F)cc2)cs1. The van der Waals surface area contributed by atoms with E-state index in [4.69, 9.17) is 9.97 Å². The lowest BCUT2D eigenvalue weighted by molar-refractivity contribution is -0.132. The quantitative estimate of drug-likeness (QED) is 0.336. The average Bonchev–Trinajstić information content (AvgIpc) is 3.53. The molecule has 3 aromatic heterocycles. The van der Waals surface area contributed by atoms with Crippen LogP contribution in [0, 0.1) is 5.82 Å². The van der Waals surface area contributed by atoms with Gasteiger partial charge in [0.1, 0.15) is 17.3 Å². The van der Waals surface area contributed by atoms with E-state index in [1.807, 2.05) is 36.3 Å². The minimum Gasteiger partial charge on any atom is -0.342 e. The largest absolute Gasteiger partial charge is 0.342 e. The van der Waals surface area contributed by atoms with Gasteiger partial charge in [-0.3, -0.25) is 9.20 Å². The van der Waals surface area contributed by atoms with Gasteiger partial charge in [0.15, 0.2) is 5.13 Å². The van der Waals surface area contributed by atoms with Crippen LogP contribution >= 0.6 is 11.3 Å². The molecule has 0 unspecified atom stereocenters. The Balaban J connectivity index is 1.40. The summed E-state index contributed by atoms with van der Waals surface area (Å²) in [5.41, 5.74) is 4.92. The smallest absolute Gasteiger partial charge is 0.236 e. The van der Waals surface area contributed by atoms with Crippen molar-refractivity contribution >= 4 is 33.8 Å². The van der Waals surface area contributed by atoms with Crippen molar-refractivity contribution in [2.75, 3.05) is 45.7 Å². The first-order valence-electron chi connectivity index (χ1n) is 12.7. The van der Waals surface area contributed by atoms with E-state index in [2.05, 4.69) is 34.6 Å². The van der Waals surface area contributed by atoms with Crippen LogP contribution in [-0.4, -0.2) is 70.9 Å². The van der Waals surface area contributed by atoms with Gasteiger partial charge in [-0.2, -0.15) is 0 Å². The number of thiazole rings is 1. The Bertz CT molecular complexity index is 1390. The number of benzene rings is 1. The lowest BCUT2D eigenvalue weighted by Crippen LogP contribution is -2.42. The second kappa shape index (κ2) is 10.6. The fraction of sp³-hybridized carbons (Fsp3) is 0.393. The van der Waals surface area contributed by atoms with Crippen molar-refractivity contribution in [3.05, 3.63) is 65.0 Å². The van der Waals surface area contributed by atoms with E-state index in [9.17, 15) is 9.18 Å². The van der Waals surface area contributed by atoms with Crippen molar-refractivity contribution in [3.8, 4) is 11.3 Å². The van der Waals surface area contributed by atoms with E-state index in [0.717, 1.165) is 65.9 Å². The number of aryl methyl sites for hydroxylation is 1. The van der Waals surface area contributed by atoms with Gasteiger partial charge < -0.3 is 14.7 Å². The van der Waals surface area contributed by atoms with Crippen LogP contribution in [0.2, 0.25) is 0 Å². The molecule has 194 valence electrons. The van der Waals surface area contributed by atoms with Gasteiger partial charge in [-0.1, -0.05) is 13.0 Å². The first-order chi connectivity index (χ1) is 17.8. The van der Waals surface area contributed by atoms with Crippen molar-refractivity contribution in [1.82, 2.24) is 24.2 Å². The van der Waals surface area contributed by atoms with E-state index in [1.54, 1.807) is 23.5 Å². The van der Waals surface area contributed by atoms with Crippen LogP contribution in [-0.2, 0) is 11.2 Å². The molecule has 0 radical (unpaired) electrons. The molecule has 1 aliphatic rings. The molecule has 1 saturated heterocycles. The number of aromatic nitrogens is 3. The van der Waals surface area contributed by atoms with E-state index >= 15 is 0 Å². The van der Waals surface area contributed by atoms with Gasteiger partial charge in [0.25, 0.3) is 0 Å². The Morgan fingerprint density at radius 1 is 1.08 bits per heavy atom. The van der Waals surface area contributed by atoms with Gasteiger partial charge in [-0.15, -0.1) is 11.3 Å². The number of anilines is 2. The number of imidazole rings is 1. The summed E-state index contributed by atoms with van der Waals surface area (Å²) < 4.78 is 15.5. The molecule has 1 aliphatic heterocycles. The van der Waals surface area contributed by atoms with Crippen LogP contribution < -0.4 is 4.90 Å². The maximum atomic E-state index is 13.4. The lowest BCUT2D eigenvalue weighted by Gasteiger charge is -2.33. The summed E-state index contributed by atoms with van der Waals surface area (Å²) in [6.45, 7) is 4.15. The van der Waals surface area contributed by atoms with Gasteiger partial charge in [-0.05, 0) is 75.2 Å². The zero-order valence-corrected chi connectivity index (χ0v) is 22.6. The van der Waals surface area contributed by atoms with Gasteiger partial charge in [0.05, 0.1) is 17.9 Å². The molecule has 0 spiro atoms. The first kappa shape index (κ1) is 25.4. The van der Waals surface area contributed by atoms with Gasteiger partial charge in [0, 0.05) is 37.3 Å². The number of carbonyl (C=O) groups excluding carboxylic acids is 1. The molecule has 7 nitrogen and oxygen atoms in total. The summed E-state index contributed by atoms with van der Waals surface area (Å²) in [5.74, 6) is 1.37. The predicted molar refractivity (Wildman–Crippen MR) is 147 cm³/mol. The van der Waals surface area contributed by atoms with Crippen LogP contribution in [0.5, 0.6) is 0 Å². The molecule has 0 N–H and O–H groups in total. The summed E-state index contributed by atoms with van der Waals surface area (Å²) in [6, 6.07) is 10.7. The van der Waals surface area contributed by atoms with Crippen LogP contribution in [0.15, 0.2) is 48.0 Å². The maximum Gasteiger partial charge on any atom is 0.236 e. The molecule has 1 aromatic carbocycles. The van der Waals surface area contributed by atoms with Crippen molar-refractivity contribution < 1.29 is 9.18 Å². The molecule has 1 amide bonds. The number of carbonyl (C=O) groups is 1. The highest BCUT2D eigenvalue weighted by molar-refractivity contribution is 7.14. The van der Waals surface area contributed by atoms with Gasteiger partial charge in [-0.25, -0.2) is 14.4 Å². The molecule has 9 heteroatoms. The molecule has 0 aliphatic carbocycles. The number of likely N-dealkylation sites (tertiary alicyclic amines) is 1. The molecule has 37 heavy (non-hydrogen) atoms. The number of hydrogen-bond acceptors (Lipinski definition) is 6. The summed E-state index contributed by atoms with van der Waals surface area (Å²) in [7, 11) is 5.89. The Labute approximate surface area is 221 Å². The second-order valence-electron chi connectivity index (χ2n) is 9.90. The van der Waals surface area contributed by atoms with E-state index in [1.165, 1.54) is 17.7 Å². The number of halogens is 1. The van der Waals surface area contributed by atoms with Crippen LogP contribution in [0.4, 0.5) is 15.3 Å². The zero-order valence-electron chi connectivity index (χ0n) is 21.8. The van der Waals surface area contributed by atoms with E-state index < -0.39 is 0 Å². The third kappa shape index (κ3) is 5.24. The molecule has 4 heterocycles. The number of piperidine rings is 1. The number of nitrogens with zero attached hydrogens (tertiary/aromatic N) is 6. The molecule has 1 fully saturated rings. The number of pyridine rings is 1. The Morgan fingerprint density at radius 2 is 1.81 bits per heavy atom. The summed E-state index contributed by atoms with van der Waals surface area (Å²) in [4.78, 5) is 28.2. The summed E-state index contributed by atoms with van der Waals surface area (Å²) in [6.07, 6.45) is 4.93. The molecular weight excluding hydrogens is 487 g/mol. The molecule has 4 aromatic rings. The zero-order chi connectivity index (χ0) is 26.1. The third-order valence-corrected chi connectivity index (χ3v) is 7.94. The Kier molecular flexibility index (Phi) is 7.26. The normalized spacial score (nSPS) is 14.6.